The molecule has 1 N–H and O–H groups in total. The lowest BCUT2D eigenvalue weighted by Crippen LogP contribution is -2.42. The largest absolute Gasteiger partial charge is 0.491 e. The Labute approximate surface area is 140 Å². The molecular weight excluding hydrogens is 290 g/mol. The van der Waals surface area contributed by atoms with Crippen molar-refractivity contribution < 1.29 is 14.3 Å². The van der Waals surface area contributed by atoms with Gasteiger partial charge < -0.3 is 14.8 Å². The van der Waals surface area contributed by atoms with Gasteiger partial charge in [0.25, 0.3) is 5.91 Å². The third-order valence-corrected chi connectivity index (χ3v) is 3.68. The number of amides is 1. The summed E-state index contributed by atoms with van der Waals surface area (Å²) in [5.74, 6) is 0.710. The number of hydrogen-bond donors (Lipinski definition) is 1. The Morgan fingerprint density at radius 2 is 1.83 bits per heavy atom. The fourth-order valence-corrected chi connectivity index (χ4v) is 2.43. The molecule has 4 nitrogen and oxygen atoms in total. The topological polar surface area (TPSA) is 47.6 Å². The molecule has 1 aromatic rings. The van der Waals surface area contributed by atoms with E-state index in [-0.39, 0.29) is 12.0 Å². The normalized spacial score (nSPS) is 13.7. The standard InChI is InChI=1S/C19H31NO3/c1-6-8-9-14-19(5,22-7-2)18(21)20-16-10-12-17(13-11-16)23-15(3)4/h10-13,15H,6-9,14H2,1-5H3,(H,20,21)/t19-/m1/s1. The van der Waals surface area contributed by atoms with Gasteiger partial charge in [-0.25, -0.2) is 0 Å². The van der Waals surface area contributed by atoms with E-state index in [4.69, 9.17) is 9.47 Å². The molecule has 0 unspecified atom stereocenters. The van der Waals surface area contributed by atoms with Crippen molar-refractivity contribution in [3.63, 3.8) is 0 Å². The fourth-order valence-electron chi connectivity index (χ4n) is 2.43. The number of anilines is 1. The number of ether oxygens (including phenoxy) is 2. The van der Waals surface area contributed by atoms with Crippen LogP contribution in [0.1, 0.15) is 60.3 Å². The van der Waals surface area contributed by atoms with Crippen molar-refractivity contribution in [3.05, 3.63) is 24.3 Å². The Hall–Kier alpha value is -1.55. The molecule has 0 fully saturated rings. The quantitative estimate of drug-likeness (QED) is 0.630. The third-order valence-electron chi connectivity index (χ3n) is 3.68. The highest BCUT2D eigenvalue weighted by Gasteiger charge is 2.33. The molecule has 4 heteroatoms. The number of benzene rings is 1. The molecule has 130 valence electrons. The summed E-state index contributed by atoms with van der Waals surface area (Å²) in [6.45, 7) is 10.4. The first-order valence-corrected chi connectivity index (χ1v) is 8.63. The SMILES string of the molecule is CCCCC[C@@](C)(OCC)C(=O)Nc1ccc(OC(C)C)cc1. The molecule has 0 heterocycles. The molecule has 1 amide bonds. The molecule has 0 aliphatic carbocycles. The Morgan fingerprint density at radius 3 is 2.35 bits per heavy atom. The zero-order valence-corrected chi connectivity index (χ0v) is 15.1. The van der Waals surface area contributed by atoms with Crippen LogP contribution in [0.25, 0.3) is 0 Å². The molecule has 0 aliphatic heterocycles. The van der Waals surface area contributed by atoms with Gasteiger partial charge in [0.1, 0.15) is 11.4 Å². The molecule has 23 heavy (non-hydrogen) atoms. The van der Waals surface area contributed by atoms with Gasteiger partial charge in [0.2, 0.25) is 0 Å². The van der Waals surface area contributed by atoms with Crippen molar-refractivity contribution in [2.24, 2.45) is 0 Å². The molecule has 1 atom stereocenters. The molecule has 1 aromatic carbocycles. The van der Waals surface area contributed by atoms with Gasteiger partial charge in [-0.1, -0.05) is 26.2 Å². The van der Waals surface area contributed by atoms with E-state index >= 15 is 0 Å². The van der Waals surface area contributed by atoms with Crippen molar-refractivity contribution >= 4 is 11.6 Å². The summed E-state index contributed by atoms with van der Waals surface area (Å²) in [4.78, 5) is 12.6. The monoisotopic (exact) mass is 321 g/mol. The minimum absolute atomic E-state index is 0.0898. The molecule has 0 aliphatic rings. The summed E-state index contributed by atoms with van der Waals surface area (Å²) in [5.41, 5.74) is -0.0238. The second-order valence-electron chi connectivity index (χ2n) is 6.27. The lowest BCUT2D eigenvalue weighted by molar-refractivity contribution is -0.139. The maximum absolute atomic E-state index is 12.6. The molecule has 1 rings (SSSR count). The van der Waals surface area contributed by atoms with Crippen LogP contribution in [0.4, 0.5) is 5.69 Å². The lowest BCUT2D eigenvalue weighted by Gasteiger charge is -2.28. The molecular formula is C19H31NO3. The zero-order chi connectivity index (χ0) is 17.3. The predicted molar refractivity (Wildman–Crippen MR) is 95.0 cm³/mol. The Balaban J connectivity index is 2.69. The fraction of sp³-hybridized carbons (Fsp3) is 0.632. The van der Waals surface area contributed by atoms with E-state index in [1.807, 2.05) is 52.0 Å². The molecule has 0 spiro atoms. The highest BCUT2D eigenvalue weighted by atomic mass is 16.5. The predicted octanol–water partition coefficient (Wildman–Crippen LogP) is 4.79. The molecule has 0 bridgehead atoms. The minimum atomic E-state index is -0.781. The first-order valence-electron chi connectivity index (χ1n) is 8.63. The van der Waals surface area contributed by atoms with Crippen LogP contribution in [0.2, 0.25) is 0 Å². The first kappa shape index (κ1) is 19.5. The van der Waals surface area contributed by atoms with Crippen molar-refractivity contribution in [1.82, 2.24) is 0 Å². The van der Waals surface area contributed by atoms with E-state index in [2.05, 4.69) is 12.2 Å². The van der Waals surface area contributed by atoms with Gasteiger partial charge in [-0.3, -0.25) is 4.79 Å². The van der Waals surface area contributed by atoms with Crippen LogP contribution >= 0.6 is 0 Å². The Kier molecular flexibility index (Phi) is 8.10. The van der Waals surface area contributed by atoms with E-state index in [1.165, 1.54) is 0 Å². The van der Waals surface area contributed by atoms with Crippen molar-refractivity contribution in [2.75, 3.05) is 11.9 Å². The van der Waals surface area contributed by atoms with Gasteiger partial charge >= 0.3 is 0 Å². The van der Waals surface area contributed by atoms with Gasteiger partial charge in [0.15, 0.2) is 0 Å². The first-order chi connectivity index (χ1) is 10.9. The smallest absolute Gasteiger partial charge is 0.256 e. The average molecular weight is 321 g/mol. The molecule has 0 saturated heterocycles. The van der Waals surface area contributed by atoms with Crippen LogP contribution in [-0.4, -0.2) is 24.2 Å². The lowest BCUT2D eigenvalue weighted by atomic mass is 9.96. The van der Waals surface area contributed by atoms with E-state index in [1.54, 1.807) is 0 Å². The Morgan fingerprint density at radius 1 is 1.17 bits per heavy atom. The van der Waals surface area contributed by atoms with Gasteiger partial charge in [0.05, 0.1) is 6.10 Å². The molecule has 0 radical (unpaired) electrons. The number of rotatable bonds is 10. The number of unbranched alkanes of at least 4 members (excludes halogenated alkanes) is 2. The van der Waals surface area contributed by atoms with Gasteiger partial charge in [-0.15, -0.1) is 0 Å². The van der Waals surface area contributed by atoms with Crippen LogP contribution in [0.15, 0.2) is 24.3 Å². The van der Waals surface area contributed by atoms with E-state index < -0.39 is 5.60 Å². The molecule has 0 saturated carbocycles. The Bertz CT molecular complexity index is 470. The summed E-state index contributed by atoms with van der Waals surface area (Å²) < 4.78 is 11.4. The summed E-state index contributed by atoms with van der Waals surface area (Å²) in [6.07, 6.45) is 4.09. The summed E-state index contributed by atoms with van der Waals surface area (Å²) in [6, 6.07) is 7.44. The number of carbonyl (C=O) groups is 1. The van der Waals surface area contributed by atoms with E-state index in [0.717, 1.165) is 37.1 Å². The van der Waals surface area contributed by atoms with Crippen LogP contribution in [0.3, 0.4) is 0 Å². The van der Waals surface area contributed by atoms with E-state index in [9.17, 15) is 4.79 Å². The minimum Gasteiger partial charge on any atom is -0.491 e. The highest BCUT2D eigenvalue weighted by Crippen LogP contribution is 2.23. The van der Waals surface area contributed by atoms with Crippen LogP contribution in [-0.2, 0) is 9.53 Å². The van der Waals surface area contributed by atoms with Crippen LogP contribution < -0.4 is 10.1 Å². The third kappa shape index (κ3) is 6.61. The van der Waals surface area contributed by atoms with Crippen LogP contribution in [0, 0.1) is 0 Å². The number of hydrogen-bond acceptors (Lipinski definition) is 3. The number of nitrogens with one attached hydrogen (secondary N) is 1. The van der Waals surface area contributed by atoms with Gasteiger partial charge in [-0.05, 0) is 58.4 Å². The van der Waals surface area contributed by atoms with E-state index in [0.29, 0.717) is 6.61 Å². The zero-order valence-electron chi connectivity index (χ0n) is 15.1. The number of carbonyl (C=O) groups excluding carboxylic acids is 1. The maximum Gasteiger partial charge on any atom is 0.256 e. The maximum atomic E-state index is 12.6. The second kappa shape index (κ2) is 9.56. The van der Waals surface area contributed by atoms with Gasteiger partial charge in [0, 0.05) is 12.3 Å². The highest BCUT2D eigenvalue weighted by molar-refractivity contribution is 5.97. The van der Waals surface area contributed by atoms with Gasteiger partial charge in [-0.2, -0.15) is 0 Å². The van der Waals surface area contributed by atoms with Crippen molar-refractivity contribution in [3.8, 4) is 5.75 Å². The van der Waals surface area contributed by atoms with Crippen LogP contribution in [0.5, 0.6) is 5.75 Å². The summed E-state index contributed by atoms with van der Waals surface area (Å²) in [7, 11) is 0. The van der Waals surface area contributed by atoms with Crippen molar-refractivity contribution in [2.45, 2.75) is 72.0 Å². The average Bonchev–Trinajstić information content (AvgIpc) is 2.49. The summed E-state index contributed by atoms with van der Waals surface area (Å²) >= 11 is 0. The second-order valence-corrected chi connectivity index (χ2v) is 6.27. The summed E-state index contributed by atoms with van der Waals surface area (Å²) in [5, 5.41) is 2.96. The van der Waals surface area contributed by atoms with Crippen molar-refractivity contribution in [1.29, 1.82) is 0 Å². The molecule has 0 aromatic heterocycles.